The van der Waals surface area contributed by atoms with E-state index < -0.39 is 17.8 Å². The number of halogens is 3. The highest BCUT2D eigenvalue weighted by Crippen LogP contribution is 2.30. The molecule has 1 aromatic carbocycles. The Kier molecular flexibility index (Phi) is 6.48. The summed E-state index contributed by atoms with van der Waals surface area (Å²) >= 11 is 0. The molecule has 2 aromatic rings. The lowest BCUT2D eigenvalue weighted by Gasteiger charge is -2.31. The molecule has 3 amide bonds. The molecule has 162 valence electrons. The number of carbonyl (C=O) groups excluding carboxylic acids is 2. The number of likely N-dealkylation sites (tertiary alicyclic amines) is 1. The van der Waals surface area contributed by atoms with Crippen molar-refractivity contribution >= 4 is 17.8 Å². The van der Waals surface area contributed by atoms with Crippen molar-refractivity contribution in [1.82, 2.24) is 20.0 Å². The molecule has 2 N–H and O–H groups in total. The lowest BCUT2D eigenvalue weighted by Crippen LogP contribution is -2.47. The van der Waals surface area contributed by atoms with Crippen molar-refractivity contribution in [3.63, 3.8) is 0 Å². The summed E-state index contributed by atoms with van der Waals surface area (Å²) in [4.78, 5) is 25.5. The Hall–Kier alpha value is -3.24. The lowest BCUT2D eigenvalue weighted by molar-refractivity contribution is -0.137. The minimum atomic E-state index is -4.45. The standard InChI is InChI=1S/C19H22F3N5O3/c1-2-30-18(29)26-8-6-14(7-9-26)24-17(28)25-15-11-23-27(12-15)16-5-3-4-13(10-16)19(20,21)22/h3-5,10-12,14H,2,6-9H2,1H3,(H2,24,25,28). The molecule has 0 aliphatic carbocycles. The fourth-order valence-corrected chi connectivity index (χ4v) is 3.13. The SMILES string of the molecule is CCOC(=O)N1CCC(NC(=O)Nc2cnn(-c3cccc(C(F)(F)F)c3)c2)CC1. The van der Waals surface area contributed by atoms with Gasteiger partial charge in [-0.15, -0.1) is 0 Å². The summed E-state index contributed by atoms with van der Waals surface area (Å²) in [7, 11) is 0. The summed E-state index contributed by atoms with van der Waals surface area (Å²) in [6, 6.07) is 4.19. The first kappa shape index (κ1) is 21.5. The Morgan fingerprint density at radius 2 is 2.00 bits per heavy atom. The van der Waals surface area contributed by atoms with Crippen LogP contribution in [-0.4, -0.2) is 52.5 Å². The zero-order valence-electron chi connectivity index (χ0n) is 16.3. The molecule has 0 saturated carbocycles. The fraction of sp³-hybridized carbons (Fsp3) is 0.421. The summed E-state index contributed by atoms with van der Waals surface area (Å²) in [5.41, 5.74) is -0.213. The molecule has 30 heavy (non-hydrogen) atoms. The molecule has 11 heteroatoms. The van der Waals surface area contributed by atoms with Gasteiger partial charge in [0, 0.05) is 19.1 Å². The van der Waals surface area contributed by atoms with E-state index in [1.54, 1.807) is 11.8 Å². The molecule has 0 spiro atoms. The van der Waals surface area contributed by atoms with Crippen LogP contribution in [0.5, 0.6) is 0 Å². The number of rotatable bonds is 4. The monoisotopic (exact) mass is 425 g/mol. The third-order valence-corrected chi connectivity index (χ3v) is 4.63. The maximum atomic E-state index is 12.9. The van der Waals surface area contributed by atoms with Crippen molar-refractivity contribution in [2.45, 2.75) is 32.0 Å². The van der Waals surface area contributed by atoms with Crippen LogP contribution in [0.15, 0.2) is 36.7 Å². The van der Waals surface area contributed by atoms with Gasteiger partial charge in [0.05, 0.1) is 35.9 Å². The van der Waals surface area contributed by atoms with E-state index in [2.05, 4.69) is 15.7 Å². The first-order chi connectivity index (χ1) is 14.3. The van der Waals surface area contributed by atoms with Gasteiger partial charge < -0.3 is 20.3 Å². The fourth-order valence-electron chi connectivity index (χ4n) is 3.13. The largest absolute Gasteiger partial charge is 0.450 e. The summed E-state index contributed by atoms with van der Waals surface area (Å²) in [6.07, 6.45) is -0.845. The van der Waals surface area contributed by atoms with Crippen LogP contribution in [0.2, 0.25) is 0 Å². The molecule has 8 nitrogen and oxygen atoms in total. The maximum absolute atomic E-state index is 12.9. The molecule has 2 heterocycles. The summed E-state index contributed by atoms with van der Waals surface area (Å²) in [6.45, 7) is 3.02. The number of anilines is 1. The van der Waals surface area contributed by atoms with E-state index in [-0.39, 0.29) is 17.8 Å². The summed E-state index contributed by atoms with van der Waals surface area (Å²) < 4.78 is 44.8. The minimum Gasteiger partial charge on any atom is -0.450 e. The Balaban J connectivity index is 1.53. The van der Waals surface area contributed by atoms with Crippen LogP contribution in [0, 0.1) is 0 Å². The lowest BCUT2D eigenvalue weighted by atomic mass is 10.1. The van der Waals surface area contributed by atoms with E-state index in [9.17, 15) is 22.8 Å². The van der Waals surface area contributed by atoms with Crippen LogP contribution >= 0.6 is 0 Å². The second-order valence-electron chi connectivity index (χ2n) is 6.78. The average Bonchev–Trinajstić information content (AvgIpc) is 3.16. The number of carbonyl (C=O) groups is 2. The van der Waals surface area contributed by atoms with Gasteiger partial charge in [0.2, 0.25) is 0 Å². The quantitative estimate of drug-likeness (QED) is 0.783. The number of piperidine rings is 1. The van der Waals surface area contributed by atoms with Crippen LogP contribution < -0.4 is 10.6 Å². The van der Waals surface area contributed by atoms with Crippen LogP contribution in [0.4, 0.5) is 28.4 Å². The molecule has 3 rings (SSSR count). The molecule has 1 aliphatic rings. The molecule has 0 atom stereocenters. The van der Waals surface area contributed by atoms with Crippen molar-refractivity contribution in [1.29, 1.82) is 0 Å². The number of hydrogen-bond acceptors (Lipinski definition) is 4. The van der Waals surface area contributed by atoms with Crippen LogP contribution in [0.25, 0.3) is 5.69 Å². The van der Waals surface area contributed by atoms with E-state index in [0.717, 1.165) is 12.1 Å². The summed E-state index contributed by atoms with van der Waals surface area (Å²) in [5, 5.41) is 9.44. The summed E-state index contributed by atoms with van der Waals surface area (Å²) in [5.74, 6) is 0. The number of amides is 3. The minimum absolute atomic E-state index is 0.103. The molecular formula is C19H22F3N5O3. The van der Waals surface area contributed by atoms with Gasteiger partial charge in [0.25, 0.3) is 0 Å². The second kappa shape index (κ2) is 9.06. The number of aromatic nitrogens is 2. The van der Waals surface area contributed by atoms with Gasteiger partial charge in [-0.05, 0) is 38.0 Å². The van der Waals surface area contributed by atoms with E-state index in [1.165, 1.54) is 29.2 Å². The van der Waals surface area contributed by atoms with Crippen molar-refractivity contribution in [3.05, 3.63) is 42.2 Å². The molecule has 1 aliphatic heterocycles. The van der Waals surface area contributed by atoms with Gasteiger partial charge >= 0.3 is 18.3 Å². The zero-order valence-corrected chi connectivity index (χ0v) is 16.3. The molecule has 0 radical (unpaired) electrons. The van der Waals surface area contributed by atoms with E-state index in [4.69, 9.17) is 4.74 Å². The van der Waals surface area contributed by atoms with E-state index >= 15 is 0 Å². The van der Waals surface area contributed by atoms with Crippen molar-refractivity contribution in [3.8, 4) is 5.69 Å². The highest BCUT2D eigenvalue weighted by atomic mass is 19.4. The third-order valence-electron chi connectivity index (χ3n) is 4.63. The highest BCUT2D eigenvalue weighted by molar-refractivity contribution is 5.89. The molecular weight excluding hydrogens is 403 g/mol. The third kappa shape index (κ3) is 5.43. The van der Waals surface area contributed by atoms with Crippen molar-refractivity contribution in [2.24, 2.45) is 0 Å². The smallest absolute Gasteiger partial charge is 0.416 e. The maximum Gasteiger partial charge on any atom is 0.416 e. The Labute approximate surface area is 171 Å². The first-order valence-corrected chi connectivity index (χ1v) is 9.48. The Morgan fingerprint density at radius 3 is 2.67 bits per heavy atom. The van der Waals surface area contributed by atoms with E-state index in [0.29, 0.717) is 38.2 Å². The normalized spacial score (nSPS) is 15.0. The first-order valence-electron chi connectivity index (χ1n) is 9.48. The molecule has 0 bridgehead atoms. The number of nitrogens with one attached hydrogen (secondary N) is 2. The second-order valence-corrected chi connectivity index (χ2v) is 6.78. The highest BCUT2D eigenvalue weighted by Gasteiger charge is 2.30. The predicted octanol–water partition coefficient (Wildman–Crippen LogP) is 3.63. The predicted molar refractivity (Wildman–Crippen MR) is 102 cm³/mol. The van der Waals surface area contributed by atoms with Gasteiger partial charge in [-0.3, -0.25) is 0 Å². The molecule has 0 unspecified atom stereocenters. The molecule has 1 saturated heterocycles. The van der Waals surface area contributed by atoms with Crippen LogP contribution in [0.3, 0.4) is 0 Å². The number of benzene rings is 1. The molecule has 1 fully saturated rings. The van der Waals surface area contributed by atoms with Gasteiger partial charge in [-0.1, -0.05) is 6.07 Å². The Bertz CT molecular complexity index is 892. The van der Waals surface area contributed by atoms with Gasteiger partial charge in [-0.2, -0.15) is 18.3 Å². The number of alkyl halides is 3. The van der Waals surface area contributed by atoms with Crippen LogP contribution in [0.1, 0.15) is 25.3 Å². The zero-order chi connectivity index (χ0) is 21.7. The van der Waals surface area contributed by atoms with E-state index in [1.807, 2.05) is 0 Å². The number of nitrogens with zero attached hydrogens (tertiary/aromatic N) is 3. The number of urea groups is 1. The number of hydrogen-bond donors (Lipinski definition) is 2. The number of ether oxygens (including phenoxy) is 1. The topological polar surface area (TPSA) is 88.5 Å². The average molecular weight is 425 g/mol. The van der Waals surface area contributed by atoms with Gasteiger partial charge in [-0.25, -0.2) is 14.3 Å². The van der Waals surface area contributed by atoms with Crippen LogP contribution in [-0.2, 0) is 10.9 Å². The molecule has 1 aromatic heterocycles. The van der Waals surface area contributed by atoms with Crippen molar-refractivity contribution < 1.29 is 27.5 Å². The van der Waals surface area contributed by atoms with Crippen molar-refractivity contribution in [2.75, 3.05) is 25.0 Å². The van der Waals surface area contributed by atoms with Gasteiger partial charge in [0.15, 0.2) is 0 Å². The Morgan fingerprint density at radius 1 is 1.27 bits per heavy atom. The van der Waals surface area contributed by atoms with Gasteiger partial charge in [0.1, 0.15) is 0 Å².